The Balaban J connectivity index is 1.80. The Labute approximate surface area is 129 Å². The van der Waals surface area contributed by atoms with E-state index in [0.717, 1.165) is 20.3 Å². The van der Waals surface area contributed by atoms with Crippen molar-refractivity contribution >= 4 is 44.1 Å². The molecular formula is C15H13BrN2OS. The molecule has 102 valence electrons. The van der Waals surface area contributed by atoms with Crippen molar-refractivity contribution in [2.24, 2.45) is 0 Å². The van der Waals surface area contributed by atoms with E-state index < -0.39 is 0 Å². The number of rotatable bonds is 3. The van der Waals surface area contributed by atoms with Crippen molar-refractivity contribution in [3.05, 3.63) is 56.8 Å². The number of aromatic amines is 1. The van der Waals surface area contributed by atoms with Gasteiger partial charge in [-0.1, -0.05) is 6.07 Å². The third-order valence-electron chi connectivity index (χ3n) is 3.16. The van der Waals surface area contributed by atoms with Crippen molar-refractivity contribution in [2.75, 3.05) is 7.05 Å². The number of aromatic nitrogens is 1. The van der Waals surface area contributed by atoms with Crippen LogP contribution in [-0.4, -0.2) is 22.8 Å². The summed E-state index contributed by atoms with van der Waals surface area (Å²) in [5, 5.41) is 3.14. The average Bonchev–Trinajstić information content (AvgIpc) is 3.05. The number of carbonyl (C=O) groups is 1. The lowest BCUT2D eigenvalue weighted by Gasteiger charge is -2.16. The summed E-state index contributed by atoms with van der Waals surface area (Å²) in [6.07, 6.45) is 1.88. The van der Waals surface area contributed by atoms with E-state index in [1.165, 1.54) is 0 Å². The highest BCUT2D eigenvalue weighted by atomic mass is 79.9. The normalized spacial score (nSPS) is 10.9. The number of amides is 1. The van der Waals surface area contributed by atoms with Crippen molar-refractivity contribution in [3.8, 4) is 0 Å². The van der Waals surface area contributed by atoms with Gasteiger partial charge in [-0.2, -0.15) is 0 Å². The first-order valence-electron chi connectivity index (χ1n) is 6.19. The first-order valence-corrected chi connectivity index (χ1v) is 7.86. The Morgan fingerprint density at radius 2 is 2.20 bits per heavy atom. The van der Waals surface area contributed by atoms with Crippen LogP contribution in [0, 0.1) is 0 Å². The second-order valence-corrected chi connectivity index (χ2v) is 6.58. The molecule has 3 aromatic rings. The molecule has 3 rings (SSSR count). The van der Waals surface area contributed by atoms with Crippen LogP contribution in [0.2, 0.25) is 0 Å². The molecule has 0 aliphatic rings. The van der Waals surface area contributed by atoms with Gasteiger partial charge in [-0.15, -0.1) is 11.3 Å². The molecule has 1 N–H and O–H groups in total. The molecule has 0 saturated carbocycles. The number of halogens is 1. The lowest BCUT2D eigenvalue weighted by molar-refractivity contribution is 0.0786. The number of benzene rings is 1. The molecule has 3 nitrogen and oxygen atoms in total. The molecule has 0 saturated heterocycles. The van der Waals surface area contributed by atoms with Crippen molar-refractivity contribution in [1.82, 2.24) is 9.88 Å². The van der Waals surface area contributed by atoms with E-state index in [2.05, 4.69) is 20.9 Å². The fourth-order valence-corrected chi connectivity index (χ4v) is 3.65. The molecule has 1 aromatic carbocycles. The van der Waals surface area contributed by atoms with Gasteiger partial charge >= 0.3 is 0 Å². The van der Waals surface area contributed by atoms with Crippen molar-refractivity contribution in [1.29, 1.82) is 0 Å². The van der Waals surface area contributed by atoms with Gasteiger partial charge in [-0.3, -0.25) is 4.79 Å². The summed E-state index contributed by atoms with van der Waals surface area (Å²) in [6.45, 7) is 0.623. The van der Waals surface area contributed by atoms with Gasteiger partial charge in [-0.05, 0) is 45.6 Å². The van der Waals surface area contributed by atoms with E-state index in [1.54, 1.807) is 16.2 Å². The lowest BCUT2D eigenvalue weighted by Crippen LogP contribution is -2.25. The summed E-state index contributed by atoms with van der Waals surface area (Å²) in [4.78, 5) is 18.5. The zero-order valence-electron chi connectivity index (χ0n) is 10.9. The number of hydrogen-bond donors (Lipinski definition) is 1. The van der Waals surface area contributed by atoms with Crippen LogP contribution in [0.4, 0.5) is 0 Å². The Kier molecular flexibility index (Phi) is 3.63. The second-order valence-electron chi connectivity index (χ2n) is 4.67. The van der Waals surface area contributed by atoms with Crippen molar-refractivity contribution < 1.29 is 4.79 Å². The van der Waals surface area contributed by atoms with Gasteiger partial charge in [0.2, 0.25) is 0 Å². The molecule has 0 atom stereocenters. The van der Waals surface area contributed by atoms with Gasteiger partial charge < -0.3 is 9.88 Å². The highest BCUT2D eigenvalue weighted by Gasteiger charge is 2.13. The quantitative estimate of drug-likeness (QED) is 0.753. The SMILES string of the molecule is CN(Cc1cc(Br)cs1)C(=O)c1ccc2cc[nH]c2c1. The third kappa shape index (κ3) is 2.64. The molecule has 2 heterocycles. The monoisotopic (exact) mass is 348 g/mol. The fourth-order valence-electron chi connectivity index (χ4n) is 2.14. The Morgan fingerprint density at radius 3 is 2.95 bits per heavy atom. The van der Waals surface area contributed by atoms with Crippen LogP contribution in [0.25, 0.3) is 10.9 Å². The minimum Gasteiger partial charge on any atom is -0.361 e. The van der Waals surface area contributed by atoms with Gasteiger partial charge in [0.15, 0.2) is 0 Å². The number of H-pyrrole nitrogens is 1. The number of thiophene rings is 1. The standard InChI is InChI=1S/C15H13BrN2OS/c1-18(8-13-7-12(16)9-20-13)15(19)11-3-2-10-4-5-17-14(10)6-11/h2-7,9,17H,8H2,1H3. The van der Waals surface area contributed by atoms with Gasteiger partial charge in [0, 0.05) is 39.1 Å². The minimum atomic E-state index is 0.0334. The van der Waals surface area contributed by atoms with Crippen LogP contribution >= 0.6 is 27.3 Å². The second kappa shape index (κ2) is 5.42. The molecule has 0 aliphatic carbocycles. The van der Waals surface area contributed by atoms with Crippen LogP contribution in [0.15, 0.2) is 46.4 Å². The summed E-state index contributed by atoms with van der Waals surface area (Å²) in [6, 6.07) is 9.78. The maximum absolute atomic E-state index is 12.4. The largest absolute Gasteiger partial charge is 0.361 e. The molecule has 0 spiro atoms. The number of nitrogens with zero attached hydrogens (tertiary/aromatic N) is 1. The first-order chi connectivity index (χ1) is 9.63. The molecule has 0 aliphatic heterocycles. The molecule has 1 amide bonds. The lowest BCUT2D eigenvalue weighted by atomic mass is 10.1. The fraction of sp³-hybridized carbons (Fsp3) is 0.133. The smallest absolute Gasteiger partial charge is 0.253 e. The molecule has 0 bridgehead atoms. The number of carbonyl (C=O) groups excluding carboxylic acids is 1. The zero-order chi connectivity index (χ0) is 14.1. The maximum atomic E-state index is 12.4. The van der Waals surface area contributed by atoms with E-state index >= 15 is 0 Å². The van der Waals surface area contributed by atoms with Crippen molar-refractivity contribution in [2.45, 2.75) is 6.54 Å². The van der Waals surface area contributed by atoms with E-state index in [1.807, 2.05) is 49.0 Å². The van der Waals surface area contributed by atoms with Crippen LogP contribution in [-0.2, 0) is 6.54 Å². The molecule has 0 unspecified atom stereocenters. The summed E-state index contributed by atoms with van der Waals surface area (Å²) >= 11 is 5.08. The van der Waals surface area contributed by atoms with E-state index in [9.17, 15) is 4.79 Å². The maximum Gasteiger partial charge on any atom is 0.253 e. The van der Waals surface area contributed by atoms with Gasteiger partial charge in [0.25, 0.3) is 5.91 Å². The van der Waals surface area contributed by atoms with Crippen LogP contribution in [0.5, 0.6) is 0 Å². The van der Waals surface area contributed by atoms with Crippen LogP contribution in [0.3, 0.4) is 0 Å². The number of nitrogens with one attached hydrogen (secondary N) is 1. The molecular weight excluding hydrogens is 336 g/mol. The molecule has 2 aromatic heterocycles. The minimum absolute atomic E-state index is 0.0334. The molecule has 5 heteroatoms. The summed E-state index contributed by atoms with van der Waals surface area (Å²) in [5.74, 6) is 0.0334. The topological polar surface area (TPSA) is 36.1 Å². The van der Waals surface area contributed by atoms with E-state index in [-0.39, 0.29) is 5.91 Å². The Hall–Kier alpha value is -1.59. The van der Waals surface area contributed by atoms with E-state index in [0.29, 0.717) is 12.1 Å². The Morgan fingerprint density at radius 1 is 1.35 bits per heavy atom. The number of hydrogen-bond acceptors (Lipinski definition) is 2. The summed E-state index contributed by atoms with van der Waals surface area (Å²) in [7, 11) is 1.83. The van der Waals surface area contributed by atoms with Gasteiger partial charge in [0.1, 0.15) is 0 Å². The molecule has 0 radical (unpaired) electrons. The predicted molar refractivity (Wildman–Crippen MR) is 86.1 cm³/mol. The predicted octanol–water partition coefficient (Wildman–Crippen LogP) is 4.26. The number of fused-ring (bicyclic) bond motifs is 1. The van der Waals surface area contributed by atoms with Crippen LogP contribution in [0.1, 0.15) is 15.2 Å². The van der Waals surface area contributed by atoms with Gasteiger partial charge in [-0.25, -0.2) is 0 Å². The highest BCUT2D eigenvalue weighted by molar-refractivity contribution is 9.10. The van der Waals surface area contributed by atoms with Gasteiger partial charge in [0.05, 0.1) is 6.54 Å². The average molecular weight is 349 g/mol. The van der Waals surface area contributed by atoms with Crippen molar-refractivity contribution in [3.63, 3.8) is 0 Å². The molecule has 0 fully saturated rings. The third-order valence-corrected chi connectivity index (χ3v) is 4.85. The Bertz CT molecular complexity index is 762. The summed E-state index contributed by atoms with van der Waals surface area (Å²) in [5.41, 5.74) is 1.70. The van der Waals surface area contributed by atoms with Crippen LogP contribution < -0.4 is 0 Å². The summed E-state index contributed by atoms with van der Waals surface area (Å²) < 4.78 is 1.06. The van der Waals surface area contributed by atoms with E-state index in [4.69, 9.17) is 0 Å². The first kappa shape index (κ1) is 13.4. The zero-order valence-corrected chi connectivity index (χ0v) is 13.3. The highest BCUT2D eigenvalue weighted by Crippen LogP contribution is 2.22. The molecule has 20 heavy (non-hydrogen) atoms.